The molecule has 0 aliphatic carbocycles. The van der Waals surface area contributed by atoms with E-state index in [2.05, 4.69) is 47.6 Å². The van der Waals surface area contributed by atoms with Crippen LogP contribution in [0.15, 0.2) is 6.07 Å². The highest BCUT2D eigenvalue weighted by atomic mass is 15.3. The summed E-state index contributed by atoms with van der Waals surface area (Å²) in [6, 6.07) is 4.68. The second-order valence-electron chi connectivity index (χ2n) is 5.74. The van der Waals surface area contributed by atoms with E-state index in [1.165, 1.54) is 11.4 Å². The van der Waals surface area contributed by atoms with Crippen molar-refractivity contribution in [2.75, 3.05) is 13.1 Å². The third kappa shape index (κ3) is 3.16. The summed E-state index contributed by atoms with van der Waals surface area (Å²) in [5, 5.41) is 13.8. The number of hydrogen-bond donors (Lipinski definition) is 0. The van der Waals surface area contributed by atoms with Crippen LogP contribution in [0.1, 0.15) is 45.0 Å². The van der Waals surface area contributed by atoms with Crippen molar-refractivity contribution < 1.29 is 0 Å². The second kappa shape index (κ2) is 5.75. The van der Waals surface area contributed by atoms with Gasteiger partial charge in [-0.3, -0.25) is 9.58 Å². The van der Waals surface area contributed by atoms with Gasteiger partial charge in [0.15, 0.2) is 0 Å². The lowest BCUT2D eigenvalue weighted by Crippen LogP contribution is -2.38. The Morgan fingerprint density at radius 2 is 2.05 bits per heavy atom. The third-order valence-corrected chi connectivity index (χ3v) is 4.19. The molecule has 4 heteroatoms. The first-order valence-corrected chi connectivity index (χ1v) is 7.29. The van der Waals surface area contributed by atoms with Crippen LogP contribution in [0.5, 0.6) is 0 Å². The van der Waals surface area contributed by atoms with Gasteiger partial charge in [-0.05, 0) is 39.2 Å². The van der Waals surface area contributed by atoms with Crippen LogP contribution < -0.4 is 0 Å². The molecule has 0 atom stereocenters. The minimum atomic E-state index is -0.115. The van der Waals surface area contributed by atoms with E-state index in [9.17, 15) is 0 Å². The lowest BCUT2D eigenvalue weighted by Gasteiger charge is -2.34. The Hall–Kier alpha value is -1.34. The Kier molecular flexibility index (Phi) is 4.26. The highest BCUT2D eigenvalue weighted by Gasteiger charge is 2.30. The molecule has 1 aliphatic rings. The molecule has 0 spiro atoms. The molecule has 104 valence electrons. The Bertz CT molecular complexity index is 461. The van der Waals surface area contributed by atoms with Crippen molar-refractivity contribution in [3.8, 4) is 6.07 Å². The van der Waals surface area contributed by atoms with Crippen LogP contribution in [0, 0.1) is 16.7 Å². The van der Waals surface area contributed by atoms with Crippen molar-refractivity contribution in [2.45, 2.75) is 53.1 Å². The van der Waals surface area contributed by atoms with E-state index in [-0.39, 0.29) is 5.41 Å². The van der Waals surface area contributed by atoms with Crippen LogP contribution in [-0.2, 0) is 19.5 Å². The molecule has 0 N–H and O–H groups in total. The van der Waals surface area contributed by atoms with E-state index in [1.54, 1.807) is 0 Å². The van der Waals surface area contributed by atoms with Gasteiger partial charge in [0, 0.05) is 26.2 Å². The van der Waals surface area contributed by atoms with Crippen LogP contribution in [0.2, 0.25) is 0 Å². The highest BCUT2D eigenvalue weighted by molar-refractivity contribution is 5.11. The number of piperidine rings is 1. The molecule has 0 unspecified atom stereocenters. The summed E-state index contributed by atoms with van der Waals surface area (Å²) in [6.45, 7) is 10.3. The van der Waals surface area contributed by atoms with Crippen molar-refractivity contribution in [1.82, 2.24) is 14.7 Å². The van der Waals surface area contributed by atoms with Crippen molar-refractivity contribution >= 4 is 0 Å². The van der Waals surface area contributed by atoms with E-state index in [0.717, 1.165) is 45.4 Å². The van der Waals surface area contributed by atoms with Crippen molar-refractivity contribution in [3.05, 3.63) is 17.5 Å². The predicted octanol–water partition coefficient (Wildman–Crippen LogP) is 2.59. The summed E-state index contributed by atoms with van der Waals surface area (Å²) < 4.78 is 2.11. The number of hydrogen-bond acceptors (Lipinski definition) is 3. The quantitative estimate of drug-likeness (QED) is 0.836. The van der Waals surface area contributed by atoms with Gasteiger partial charge in [-0.25, -0.2) is 0 Å². The summed E-state index contributed by atoms with van der Waals surface area (Å²) in [5.41, 5.74) is 2.37. The van der Waals surface area contributed by atoms with Crippen LogP contribution in [0.25, 0.3) is 0 Å². The maximum Gasteiger partial charge on any atom is 0.0687 e. The zero-order valence-corrected chi connectivity index (χ0v) is 12.3. The van der Waals surface area contributed by atoms with Crippen LogP contribution >= 0.6 is 0 Å². The summed E-state index contributed by atoms with van der Waals surface area (Å²) in [4.78, 5) is 2.45. The van der Waals surface area contributed by atoms with E-state index < -0.39 is 0 Å². The molecule has 0 amide bonds. The molecule has 0 radical (unpaired) electrons. The van der Waals surface area contributed by atoms with Gasteiger partial charge in [-0.1, -0.05) is 6.92 Å². The number of rotatable bonds is 4. The van der Waals surface area contributed by atoms with Gasteiger partial charge in [0.2, 0.25) is 0 Å². The number of aryl methyl sites for hydroxylation is 2. The Labute approximate surface area is 116 Å². The summed E-state index contributed by atoms with van der Waals surface area (Å²) in [7, 11) is 0. The SMILES string of the molecule is CCc1cc(CN2CCC(C)(C#N)CC2)n(CC)n1. The van der Waals surface area contributed by atoms with E-state index in [0.29, 0.717) is 0 Å². The van der Waals surface area contributed by atoms with Gasteiger partial charge in [0.1, 0.15) is 0 Å². The highest BCUT2D eigenvalue weighted by Crippen LogP contribution is 2.30. The molecule has 19 heavy (non-hydrogen) atoms. The minimum absolute atomic E-state index is 0.115. The van der Waals surface area contributed by atoms with E-state index in [1.807, 2.05) is 0 Å². The first-order chi connectivity index (χ1) is 9.10. The summed E-state index contributed by atoms with van der Waals surface area (Å²) in [6.07, 6.45) is 2.95. The van der Waals surface area contributed by atoms with E-state index >= 15 is 0 Å². The third-order valence-electron chi connectivity index (χ3n) is 4.19. The zero-order valence-electron chi connectivity index (χ0n) is 12.3. The molecule has 0 aromatic carbocycles. The van der Waals surface area contributed by atoms with Gasteiger partial charge in [-0.15, -0.1) is 0 Å². The second-order valence-corrected chi connectivity index (χ2v) is 5.74. The average Bonchev–Trinajstić information content (AvgIpc) is 2.84. The fourth-order valence-electron chi connectivity index (χ4n) is 2.63. The van der Waals surface area contributed by atoms with Crippen LogP contribution in [0.3, 0.4) is 0 Å². The molecule has 1 aromatic heterocycles. The number of nitriles is 1. The number of likely N-dealkylation sites (tertiary alicyclic amines) is 1. The van der Waals surface area contributed by atoms with Gasteiger partial charge in [0.05, 0.1) is 22.9 Å². The maximum atomic E-state index is 9.16. The first kappa shape index (κ1) is 14.1. The topological polar surface area (TPSA) is 44.9 Å². The molecule has 2 heterocycles. The fraction of sp³-hybridized carbons (Fsp3) is 0.733. The maximum absolute atomic E-state index is 9.16. The Morgan fingerprint density at radius 3 is 2.58 bits per heavy atom. The molecule has 2 rings (SSSR count). The molecule has 4 nitrogen and oxygen atoms in total. The summed E-state index contributed by atoms with van der Waals surface area (Å²) in [5.74, 6) is 0. The molecule has 1 aromatic rings. The van der Waals surface area contributed by atoms with Gasteiger partial charge in [0.25, 0.3) is 0 Å². The molecule has 1 saturated heterocycles. The molecular formula is C15H24N4. The number of aromatic nitrogens is 2. The molecule has 1 aliphatic heterocycles. The number of nitrogens with zero attached hydrogens (tertiary/aromatic N) is 4. The zero-order chi connectivity index (χ0) is 13.9. The van der Waals surface area contributed by atoms with Crippen molar-refractivity contribution in [1.29, 1.82) is 5.26 Å². The fourth-order valence-corrected chi connectivity index (χ4v) is 2.63. The van der Waals surface area contributed by atoms with Crippen LogP contribution in [-0.4, -0.2) is 27.8 Å². The van der Waals surface area contributed by atoms with E-state index in [4.69, 9.17) is 5.26 Å². The first-order valence-electron chi connectivity index (χ1n) is 7.29. The molecular weight excluding hydrogens is 236 g/mol. The molecule has 0 saturated carbocycles. The largest absolute Gasteiger partial charge is 0.297 e. The average molecular weight is 260 g/mol. The van der Waals surface area contributed by atoms with Gasteiger partial charge < -0.3 is 0 Å². The van der Waals surface area contributed by atoms with Gasteiger partial charge in [-0.2, -0.15) is 10.4 Å². The standard InChI is InChI=1S/C15H24N4/c1-4-13-10-14(19(5-2)17-13)11-18-8-6-15(3,12-16)7-9-18/h10H,4-9,11H2,1-3H3. The molecule has 0 bridgehead atoms. The smallest absolute Gasteiger partial charge is 0.0687 e. The lowest BCUT2D eigenvalue weighted by molar-refractivity contribution is 0.147. The van der Waals surface area contributed by atoms with Gasteiger partial charge >= 0.3 is 0 Å². The Balaban J connectivity index is 1.99. The summed E-state index contributed by atoms with van der Waals surface area (Å²) >= 11 is 0. The predicted molar refractivity (Wildman–Crippen MR) is 75.5 cm³/mol. The molecule has 1 fully saturated rings. The normalized spacial score (nSPS) is 19.3. The Morgan fingerprint density at radius 1 is 1.37 bits per heavy atom. The van der Waals surface area contributed by atoms with Crippen molar-refractivity contribution in [3.63, 3.8) is 0 Å². The lowest BCUT2D eigenvalue weighted by atomic mass is 9.82. The van der Waals surface area contributed by atoms with Crippen LogP contribution in [0.4, 0.5) is 0 Å². The minimum Gasteiger partial charge on any atom is -0.297 e. The van der Waals surface area contributed by atoms with Crippen molar-refractivity contribution in [2.24, 2.45) is 5.41 Å². The monoisotopic (exact) mass is 260 g/mol.